The number of nitro groups is 1. The molecule has 0 bridgehead atoms. The SMILES string of the molecule is CCc1ccccc1NC(=O)COC(=O)c1ccc(SC)c([N+](=O)[O-])c1. The third kappa shape index (κ3) is 4.82. The molecule has 8 heteroatoms. The maximum Gasteiger partial charge on any atom is 0.338 e. The molecule has 26 heavy (non-hydrogen) atoms. The van der Waals surface area contributed by atoms with Crippen molar-refractivity contribution in [3.8, 4) is 0 Å². The third-order valence-electron chi connectivity index (χ3n) is 3.62. The van der Waals surface area contributed by atoms with Crippen molar-refractivity contribution in [1.29, 1.82) is 0 Å². The molecule has 0 aliphatic rings. The van der Waals surface area contributed by atoms with E-state index < -0.39 is 23.4 Å². The highest BCUT2D eigenvalue weighted by Gasteiger charge is 2.18. The van der Waals surface area contributed by atoms with Gasteiger partial charge in [-0.1, -0.05) is 25.1 Å². The molecule has 0 atom stereocenters. The van der Waals surface area contributed by atoms with Gasteiger partial charge in [0.05, 0.1) is 15.4 Å². The summed E-state index contributed by atoms with van der Waals surface area (Å²) in [6.07, 6.45) is 2.46. The first-order valence-corrected chi connectivity index (χ1v) is 9.06. The average Bonchev–Trinajstić information content (AvgIpc) is 2.65. The molecule has 0 aromatic heterocycles. The van der Waals surface area contributed by atoms with Crippen LogP contribution in [0.25, 0.3) is 0 Å². The number of rotatable bonds is 7. The highest BCUT2D eigenvalue weighted by atomic mass is 32.2. The van der Waals surface area contributed by atoms with E-state index in [0.717, 1.165) is 18.1 Å². The molecular formula is C18H18N2O5S. The molecule has 2 aromatic rings. The van der Waals surface area contributed by atoms with Crippen LogP contribution in [0.4, 0.5) is 11.4 Å². The van der Waals surface area contributed by atoms with Crippen molar-refractivity contribution in [3.63, 3.8) is 0 Å². The second-order valence-electron chi connectivity index (χ2n) is 5.28. The number of aryl methyl sites for hydroxylation is 1. The maximum atomic E-state index is 12.1. The lowest BCUT2D eigenvalue weighted by molar-refractivity contribution is -0.387. The second kappa shape index (κ2) is 9.00. The number of nitro benzene ring substituents is 1. The number of esters is 1. The molecule has 0 heterocycles. The summed E-state index contributed by atoms with van der Waals surface area (Å²) >= 11 is 1.21. The summed E-state index contributed by atoms with van der Waals surface area (Å²) in [7, 11) is 0. The number of anilines is 1. The van der Waals surface area contributed by atoms with Crippen molar-refractivity contribution < 1.29 is 19.2 Å². The van der Waals surface area contributed by atoms with Crippen molar-refractivity contribution in [2.24, 2.45) is 0 Å². The van der Waals surface area contributed by atoms with Gasteiger partial charge in [0, 0.05) is 11.8 Å². The number of amides is 1. The molecule has 1 N–H and O–H groups in total. The third-order valence-corrected chi connectivity index (χ3v) is 4.40. The zero-order chi connectivity index (χ0) is 19.1. The van der Waals surface area contributed by atoms with Crippen LogP contribution in [0.3, 0.4) is 0 Å². The first-order chi connectivity index (χ1) is 12.5. The van der Waals surface area contributed by atoms with E-state index in [4.69, 9.17) is 4.74 Å². The summed E-state index contributed by atoms with van der Waals surface area (Å²) < 4.78 is 4.96. The molecule has 2 rings (SSSR count). The van der Waals surface area contributed by atoms with Crippen LogP contribution in [0.5, 0.6) is 0 Å². The monoisotopic (exact) mass is 374 g/mol. The Kier molecular flexibility index (Phi) is 6.74. The molecule has 0 aliphatic heterocycles. The van der Waals surface area contributed by atoms with Gasteiger partial charge in [-0.05, 0) is 36.4 Å². The number of nitrogens with one attached hydrogen (secondary N) is 1. The van der Waals surface area contributed by atoms with Crippen molar-refractivity contribution >= 4 is 35.0 Å². The Balaban J connectivity index is 2.01. The number of carbonyl (C=O) groups is 2. The van der Waals surface area contributed by atoms with Gasteiger partial charge >= 0.3 is 5.97 Å². The Morgan fingerprint density at radius 3 is 2.62 bits per heavy atom. The fraction of sp³-hybridized carbons (Fsp3) is 0.222. The molecule has 0 spiro atoms. The number of carbonyl (C=O) groups excluding carboxylic acids is 2. The van der Waals surface area contributed by atoms with Gasteiger partial charge in [0.2, 0.25) is 0 Å². The Labute approximate surface area is 154 Å². The molecule has 0 aliphatic carbocycles. The van der Waals surface area contributed by atoms with Crippen LogP contribution >= 0.6 is 11.8 Å². The van der Waals surface area contributed by atoms with Crippen LogP contribution in [0, 0.1) is 10.1 Å². The van der Waals surface area contributed by atoms with E-state index in [1.807, 2.05) is 19.1 Å². The van der Waals surface area contributed by atoms with Crippen LogP contribution in [0.2, 0.25) is 0 Å². The van der Waals surface area contributed by atoms with Crippen molar-refractivity contribution in [1.82, 2.24) is 0 Å². The molecular weight excluding hydrogens is 356 g/mol. The average molecular weight is 374 g/mol. The molecule has 0 unspecified atom stereocenters. The Morgan fingerprint density at radius 2 is 1.96 bits per heavy atom. The number of hydrogen-bond donors (Lipinski definition) is 1. The molecule has 2 aromatic carbocycles. The van der Waals surface area contributed by atoms with Crippen LogP contribution in [-0.4, -0.2) is 29.7 Å². The van der Waals surface area contributed by atoms with Gasteiger partial charge in [0.1, 0.15) is 0 Å². The van der Waals surface area contributed by atoms with E-state index in [-0.39, 0.29) is 11.3 Å². The van der Waals surface area contributed by atoms with E-state index in [1.54, 1.807) is 18.4 Å². The highest BCUT2D eigenvalue weighted by molar-refractivity contribution is 7.98. The summed E-state index contributed by atoms with van der Waals surface area (Å²) in [6.45, 7) is 1.49. The van der Waals surface area contributed by atoms with Gasteiger partial charge in [-0.2, -0.15) is 0 Å². The molecule has 136 valence electrons. The number of ether oxygens (including phenoxy) is 1. The van der Waals surface area contributed by atoms with Crippen LogP contribution in [-0.2, 0) is 16.0 Å². The summed E-state index contributed by atoms with van der Waals surface area (Å²) in [6, 6.07) is 11.4. The van der Waals surface area contributed by atoms with Gasteiger partial charge in [-0.25, -0.2) is 4.79 Å². The van der Waals surface area contributed by atoms with E-state index in [0.29, 0.717) is 10.6 Å². The second-order valence-corrected chi connectivity index (χ2v) is 6.13. The largest absolute Gasteiger partial charge is 0.452 e. The summed E-state index contributed by atoms with van der Waals surface area (Å²) in [5, 5.41) is 13.7. The summed E-state index contributed by atoms with van der Waals surface area (Å²) in [4.78, 5) is 35.0. The van der Waals surface area contributed by atoms with Crippen molar-refractivity contribution in [2.45, 2.75) is 18.2 Å². The predicted octanol–water partition coefficient (Wildman–Crippen LogP) is 3.67. The molecule has 0 fully saturated rings. The summed E-state index contributed by atoms with van der Waals surface area (Å²) in [5.41, 5.74) is 1.48. The first-order valence-electron chi connectivity index (χ1n) is 7.83. The lowest BCUT2D eigenvalue weighted by Crippen LogP contribution is -2.21. The topological polar surface area (TPSA) is 98.5 Å². The fourth-order valence-electron chi connectivity index (χ4n) is 2.31. The zero-order valence-corrected chi connectivity index (χ0v) is 15.2. The standard InChI is InChI=1S/C18H18N2O5S/c1-3-12-6-4-5-7-14(12)19-17(21)11-25-18(22)13-8-9-16(26-2)15(10-13)20(23)24/h4-10H,3,11H2,1-2H3,(H,19,21). The first kappa shape index (κ1) is 19.5. The van der Waals surface area contributed by atoms with Crippen molar-refractivity contribution in [3.05, 3.63) is 63.7 Å². The fourth-order valence-corrected chi connectivity index (χ4v) is 2.86. The molecule has 0 radical (unpaired) electrons. The number of nitrogens with zero attached hydrogens (tertiary/aromatic N) is 1. The number of benzene rings is 2. The number of para-hydroxylation sites is 1. The van der Waals surface area contributed by atoms with E-state index in [1.165, 1.54) is 23.9 Å². The normalized spacial score (nSPS) is 10.2. The quantitative estimate of drug-likeness (QED) is 0.344. The minimum atomic E-state index is -0.792. The van der Waals surface area contributed by atoms with Gasteiger partial charge in [0.15, 0.2) is 6.61 Å². The van der Waals surface area contributed by atoms with E-state index >= 15 is 0 Å². The molecule has 7 nitrogen and oxygen atoms in total. The Hall–Kier alpha value is -2.87. The van der Waals surface area contributed by atoms with Crippen LogP contribution in [0.15, 0.2) is 47.4 Å². The molecule has 0 saturated carbocycles. The number of thioether (sulfide) groups is 1. The Morgan fingerprint density at radius 1 is 1.23 bits per heavy atom. The van der Waals surface area contributed by atoms with Crippen LogP contribution in [0.1, 0.15) is 22.8 Å². The minimum absolute atomic E-state index is 0.0243. The predicted molar refractivity (Wildman–Crippen MR) is 99.6 cm³/mol. The number of hydrogen-bond acceptors (Lipinski definition) is 6. The van der Waals surface area contributed by atoms with Crippen LogP contribution < -0.4 is 5.32 Å². The lowest BCUT2D eigenvalue weighted by atomic mass is 10.1. The van der Waals surface area contributed by atoms with Gasteiger partial charge in [0.25, 0.3) is 11.6 Å². The maximum absolute atomic E-state index is 12.1. The summed E-state index contributed by atoms with van der Waals surface area (Å²) in [5.74, 6) is -1.27. The molecule has 1 amide bonds. The Bertz CT molecular complexity index is 838. The van der Waals surface area contributed by atoms with Gasteiger partial charge in [-0.15, -0.1) is 11.8 Å². The minimum Gasteiger partial charge on any atom is -0.452 e. The molecule has 0 saturated heterocycles. The highest BCUT2D eigenvalue weighted by Crippen LogP contribution is 2.28. The zero-order valence-electron chi connectivity index (χ0n) is 14.4. The lowest BCUT2D eigenvalue weighted by Gasteiger charge is -2.10. The van der Waals surface area contributed by atoms with Gasteiger partial charge in [-0.3, -0.25) is 14.9 Å². The van der Waals surface area contributed by atoms with E-state index in [9.17, 15) is 19.7 Å². The van der Waals surface area contributed by atoms with Crippen molar-refractivity contribution in [2.75, 3.05) is 18.2 Å². The van der Waals surface area contributed by atoms with Gasteiger partial charge < -0.3 is 10.1 Å². The van der Waals surface area contributed by atoms with E-state index in [2.05, 4.69) is 5.32 Å². The smallest absolute Gasteiger partial charge is 0.338 e.